The van der Waals surface area contributed by atoms with Crippen LogP contribution in [0.3, 0.4) is 0 Å². The molecule has 0 radical (unpaired) electrons. The number of nitrogens with one attached hydrogen (secondary N) is 1. The zero-order valence-electron chi connectivity index (χ0n) is 16.3. The van der Waals surface area contributed by atoms with Crippen molar-refractivity contribution >= 4 is 11.9 Å². The maximum absolute atomic E-state index is 13.1. The van der Waals surface area contributed by atoms with Crippen LogP contribution in [0.25, 0.3) is 0 Å². The first-order valence-electron chi connectivity index (χ1n) is 10.2. The average molecular weight is 383 g/mol. The lowest BCUT2D eigenvalue weighted by atomic mass is 9.75. The molecule has 2 N–H and O–H groups in total. The maximum atomic E-state index is 13.1. The third kappa shape index (κ3) is 4.79. The van der Waals surface area contributed by atoms with Crippen LogP contribution >= 0.6 is 0 Å². The number of aromatic nitrogens is 2. The van der Waals surface area contributed by atoms with E-state index in [1.807, 2.05) is 0 Å². The number of carbonyl (C=O) groups is 1. The van der Waals surface area contributed by atoms with E-state index in [1.54, 1.807) is 7.05 Å². The monoisotopic (exact) mass is 383 g/mol. The first kappa shape index (κ1) is 20.1. The second-order valence-electron chi connectivity index (χ2n) is 8.43. The smallest absolute Gasteiger partial charge is 0.410 e. The van der Waals surface area contributed by atoms with Gasteiger partial charge in [-0.05, 0) is 18.3 Å². The van der Waals surface area contributed by atoms with Gasteiger partial charge in [-0.25, -0.2) is 13.6 Å². The summed E-state index contributed by atoms with van der Waals surface area (Å²) in [6.07, 6.45) is 8.54. The maximum Gasteiger partial charge on any atom is 0.410 e. The Morgan fingerprint density at radius 1 is 1.22 bits per heavy atom. The largest absolute Gasteiger partial charge is 0.465 e. The Hall–Kier alpha value is -1.66. The molecule has 1 heterocycles. The van der Waals surface area contributed by atoms with Crippen molar-refractivity contribution in [3.63, 3.8) is 0 Å². The van der Waals surface area contributed by atoms with Gasteiger partial charge >= 0.3 is 6.09 Å². The molecule has 1 aromatic rings. The number of carboxylic acid groups (broad SMARTS) is 1. The normalized spacial score (nSPS) is 22.1. The van der Waals surface area contributed by atoms with Crippen LogP contribution in [-0.2, 0) is 13.5 Å². The fourth-order valence-corrected chi connectivity index (χ4v) is 4.12. The first-order valence-corrected chi connectivity index (χ1v) is 10.2. The summed E-state index contributed by atoms with van der Waals surface area (Å²) in [5.74, 6) is -0.797. The van der Waals surface area contributed by atoms with Crippen LogP contribution in [0.15, 0.2) is 0 Å². The van der Waals surface area contributed by atoms with Crippen LogP contribution in [0.2, 0.25) is 0 Å². The van der Waals surface area contributed by atoms with Crippen LogP contribution in [0.1, 0.15) is 81.9 Å². The molecule has 3 aliphatic rings. The molecule has 4 rings (SSSR count). The standard InChI is InChI=1S/C14H19F2N3O2.C6H12/c1-19-12(17-13(20)21)10(5-8-3-2-4-8)11(18-19)9-6-14(15,16)7-9;1-2-6-4-3-5-6/h8-9,17H,2-7H2,1H3,(H,20,21);6H,2-5H2,1H3. The van der Waals surface area contributed by atoms with Crippen molar-refractivity contribution in [2.24, 2.45) is 18.9 Å². The van der Waals surface area contributed by atoms with Crippen molar-refractivity contribution < 1.29 is 18.7 Å². The third-order valence-corrected chi connectivity index (χ3v) is 6.40. The summed E-state index contributed by atoms with van der Waals surface area (Å²) in [5, 5.41) is 15.6. The topological polar surface area (TPSA) is 67.2 Å². The Balaban J connectivity index is 0.000000299. The van der Waals surface area contributed by atoms with Crippen molar-refractivity contribution in [1.29, 1.82) is 0 Å². The van der Waals surface area contributed by atoms with Crippen molar-refractivity contribution in [2.45, 2.75) is 83.0 Å². The Morgan fingerprint density at radius 2 is 1.81 bits per heavy atom. The molecule has 0 aromatic carbocycles. The molecule has 5 nitrogen and oxygen atoms in total. The molecule has 0 bridgehead atoms. The highest BCUT2D eigenvalue weighted by Crippen LogP contribution is 2.50. The van der Waals surface area contributed by atoms with Gasteiger partial charge in [-0.1, -0.05) is 51.9 Å². The minimum Gasteiger partial charge on any atom is -0.465 e. The zero-order valence-corrected chi connectivity index (χ0v) is 16.3. The summed E-state index contributed by atoms with van der Waals surface area (Å²) in [6.45, 7) is 2.28. The fraction of sp³-hybridized carbons (Fsp3) is 0.800. The molecule has 27 heavy (non-hydrogen) atoms. The van der Waals surface area contributed by atoms with Gasteiger partial charge in [-0.15, -0.1) is 0 Å². The molecule has 7 heteroatoms. The molecule has 0 spiro atoms. The predicted octanol–water partition coefficient (Wildman–Crippen LogP) is 5.56. The van der Waals surface area contributed by atoms with Gasteiger partial charge in [0.05, 0.1) is 5.69 Å². The highest BCUT2D eigenvalue weighted by Gasteiger charge is 2.48. The van der Waals surface area contributed by atoms with Crippen LogP contribution < -0.4 is 5.32 Å². The molecular weight excluding hydrogens is 352 g/mol. The molecule has 152 valence electrons. The molecule has 0 aliphatic heterocycles. The Bertz CT molecular complexity index is 656. The predicted molar refractivity (Wildman–Crippen MR) is 100 cm³/mol. The minimum atomic E-state index is -2.60. The molecule has 1 amide bonds. The lowest BCUT2D eigenvalue weighted by Crippen LogP contribution is -2.34. The number of aryl methyl sites for hydroxylation is 1. The van der Waals surface area contributed by atoms with E-state index in [9.17, 15) is 13.6 Å². The number of amides is 1. The highest BCUT2D eigenvalue weighted by atomic mass is 19.3. The summed E-state index contributed by atoms with van der Waals surface area (Å²) < 4.78 is 27.7. The highest BCUT2D eigenvalue weighted by molar-refractivity contribution is 5.83. The average Bonchev–Trinajstić information content (AvgIpc) is 2.76. The van der Waals surface area contributed by atoms with Crippen molar-refractivity contribution in [3.8, 4) is 0 Å². The Labute approximate surface area is 159 Å². The number of hydrogen-bond acceptors (Lipinski definition) is 2. The first-order chi connectivity index (χ1) is 12.8. The van der Waals surface area contributed by atoms with Crippen LogP contribution in [-0.4, -0.2) is 26.9 Å². The van der Waals surface area contributed by atoms with Gasteiger partial charge in [0.1, 0.15) is 5.82 Å². The Kier molecular flexibility index (Phi) is 6.06. The number of rotatable bonds is 5. The molecule has 3 saturated carbocycles. The van der Waals surface area contributed by atoms with Gasteiger partial charge in [-0.3, -0.25) is 10.00 Å². The molecule has 0 unspecified atom stereocenters. The SMILES string of the molecule is CCC1CCC1.Cn1nc(C2CC(F)(F)C2)c(CC2CCC2)c1NC(=O)O. The summed E-state index contributed by atoms with van der Waals surface area (Å²) >= 11 is 0. The molecule has 3 aliphatic carbocycles. The van der Waals surface area contributed by atoms with Crippen LogP contribution in [0.4, 0.5) is 19.4 Å². The van der Waals surface area contributed by atoms with E-state index in [2.05, 4.69) is 17.3 Å². The van der Waals surface area contributed by atoms with E-state index < -0.39 is 12.0 Å². The second-order valence-corrected chi connectivity index (χ2v) is 8.43. The van der Waals surface area contributed by atoms with E-state index in [1.165, 1.54) is 36.8 Å². The van der Waals surface area contributed by atoms with Gasteiger partial charge in [-0.2, -0.15) is 5.10 Å². The van der Waals surface area contributed by atoms with Gasteiger partial charge in [0, 0.05) is 31.4 Å². The van der Waals surface area contributed by atoms with E-state index >= 15 is 0 Å². The van der Waals surface area contributed by atoms with Gasteiger partial charge < -0.3 is 5.11 Å². The lowest BCUT2D eigenvalue weighted by molar-refractivity contribution is -0.0878. The van der Waals surface area contributed by atoms with Crippen LogP contribution in [0, 0.1) is 11.8 Å². The van der Waals surface area contributed by atoms with Crippen molar-refractivity contribution in [2.75, 3.05) is 5.32 Å². The van der Waals surface area contributed by atoms with E-state index in [0.717, 1.165) is 30.7 Å². The molecule has 1 aromatic heterocycles. The lowest BCUT2D eigenvalue weighted by Gasteiger charge is -2.35. The summed E-state index contributed by atoms with van der Waals surface area (Å²) in [4.78, 5) is 10.9. The second kappa shape index (κ2) is 8.15. The molecule has 3 fully saturated rings. The number of hydrogen-bond donors (Lipinski definition) is 2. The zero-order chi connectivity index (χ0) is 19.6. The Morgan fingerprint density at radius 3 is 2.19 bits per heavy atom. The van der Waals surface area contributed by atoms with Gasteiger partial charge in [0.2, 0.25) is 5.92 Å². The molecule has 0 atom stereocenters. The summed E-state index contributed by atoms with van der Waals surface area (Å²) in [6, 6.07) is 0. The third-order valence-electron chi connectivity index (χ3n) is 6.40. The molecule has 0 saturated heterocycles. The van der Waals surface area contributed by atoms with E-state index in [-0.39, 0.29) is 18.8 Å². The van der Waals surface area contributed by atoms with Gasteiger partial charge in [0.15, 0.2) is 0 Å². The van der Waals surface area contributed by atoms with E-state index in [0.29, 0.717) is 17.4 Å². The fourth-order valence-electron chi connectivity index (χ4n) is 4.12. The summed E-state index contributed by atoms with van der Waals surface area (Å²) in [7, 11) is 1.65. The summed E-state index contributed by atoms with van der Waals surface area (Å²) in [5.41, 5.74) is 1.46. The molecular formula is C20H31F2N3O2. The number of halogens is 2. The van der Waals surface area contributed by atoms with Crippen molar-refractivity contribution in [1.82, 2.24) is 9.78 Å². The van der Waals surface area contributed by atoms with Crippen LogP contribution in [0.5, 0.6) is 0 Å². The van der Waals surface area contributed by atoms with E-state index in [4.69, 9.17) is 5.11 Å². The quantitative estimate of drug-likeness (QED) is 0.699. The van der Waals surface area contributed by atoms with Gasteiger partial charge in [0.25, 0.3) is 0 Å². The number of alkyl halides is 2. The number of anilines is 1. The number of nitrogens with zero attached hydrogens (tertiary/aromatic N) is 2. The van der Waals surface area contributed by atoms with Crippen molar-refractivity contribution in [3.05, 3.63) is 11.3 Å². The minimum absolute atomic E-state index is 0.186.